The summed E-state index contributed by atoms with van der Waals surface area (Å²) in [5.41, 5.74) is 0.445. The lowest BCUT2D eigenvalue weighted by Gasteiger charge is -2.14. The van der Waals surface area contributed by atoms with Gasteiger partial charge in [0.2, 0.25) is 0 Å². The van der Waals surface area contributed by atoms with Gasteiger partial charge in [0, 0.05) is 16.7 Å². The van der Waals surface area contributed by atoms with E-state index in [2.05, 4.69) is 27.8 Å². The lowest BCUT2D eigenvalue weighted by molar-refractivity contribution is -0.138. The SMILES string of the molecule is C=C(C)NCCc1ccc(Br)cc1C(F)(F)F. The van der Waals surface area contributed by atoms with Crippen LogP contribution in [-0.4, -0.2) is 6.54 Å². The maximum Gasteiger partial charge on any atom is 0.416 e. The second kappa shape index (κ2) is 5.58. The van der Waals surface area contributed by atoms with Crippen LogP contribution in [0.4, 0.5) is 13.2 Å². The second-order valence-corrected chi connectivity index (χ2v) is 4.67. The van der Waals surface area contributed by atoms with E-state index in [4.69, 9.17) is 0 Å². The van der Waals surface area contributed by atoms with Crippen molar-refractivity contribution in [3.63, 3.8) is 0 Å². The number of hydrogen-bond acceptors (Lipinski definition) is 1. The van der Waals surface area contributed by atoms with Crippen LogP contribution in [0, 0.1) is 0 Å². The van der Waals surface area contributed by atoms with E-state index >= 15 is 0 Å². The van der Waals surface area contributed by atoms with Gasteiger partial charge in [-0.2, -0.15) is 13.2 Å². The summed E-state index contributed by atoms with van der Waals surface area (Å²) in [5, 5.41) is 2.91. The number of benzene rings is 1. The first-order valence-corrected chi connectivity index (χ1v) is 5.85. The van der Waals surface area contributed by atoms with Gasteiger partial charge in [-0.3, -0.25) is 0 Å². The molecule has 1 aromatic carbocycles. The van der Waals surface area contributed by atoms with Gasteiger partial charge in [-0.1, -0.05) is 28.6 Å². The van der Waals surface area contributed by atoms with Crippen molar-refractivity contribution in [1.29, 1.82) is 0 Å². The first-order valence-electron chi connectivity index (χ1n) is 5.05. The lowest BCUT2D eigenvalue weighted by atomic mass is 10.0. The summed E-state index contributed by atoms with van der Waals surface area (Å²) in [5.74, 6) is 0. The van der Waals surface area contributed by atoms with Crippen molar-refractivity contribution in [1.82, 2.24) is 5.32 Å². The van der Waals surface area contributed by atoms with Gasteiger partial charge in [0.25, 0.3) is 0 Å². The smallest absolute Gasteiger partial charge is 0.389 e. The Morgan fingerprint density at radius 3 is 2.59 bits per heavy atom. The van der Waals surface area contributed by atoms with Gasteiger partial charge in [0.05, 0.1) is 5.56 Å². The molecule has 0 aromatic heterocycles. The third-order valence-electron chi connectivity index (χ3n) is 2.20. The molecule has 94 valence electrons. The largest absolute Gasteiger partial charge is 0.416 e. The van der Waals surface area contributed by atoms with E-state index in [0.717, 1.165) is 11.8 Å². The molecule has 0 aliphatic heterocycles. The molecule has 17 heavy (non-hydrogen) atoms. The van der Waals surface area contributed by atoms with Crippen LogP contribution in [0.2, 0.25) is 0 Å². The number of rotatable bonds is 4. The van der Waals surface area contributed by atoms with Gasteiger partial charge >= 0.3 is 6.18 Å². The molecule has 1 nitrogen and oxygen atoms in total. The minimum absolute atomic E-state index is 0.287. The van der Waals surface area contributed by atoms with Crippen molar-refractivity contribution in [3.8, 4) is 0 Å². The molecule has 0 aliphatic carbocycles. The quantitative estimate of drug-likeness (QED) is 0.882. The molecule has 0 saturated carbocycles. The molecule has 0 unspecified atom stereocenters. The van der Waals surface area contributed by atoms with E-state index in [1.807, 2.05) is 0 Å². The van der Waals surface area contributed by atoms with Gasteiger partial charge in [0.15, 0.2) is 0 Å². The fraction of sp³-hybridized carbons (Fsp3) is 0.333. The average molecular weight is 308 g/mol. The molecular formula is C12H13BrF3N. The Kier molecular flexibility index (Phi) is 4.62. The normalized spacial score (nSPS) is 11.4. The van der Waals surface area contributed by atoms with Gasteiger partial charge < -0.3 is 5.32 Å². The van der Waals surface area contributed by atoms with Gasteiger partial charge in [-0.15, -0.1) is 0 Å². The summed E-state index contributed by atoms with van der Waals surface area (Å²) in [7, 11) is 0. The van der Waals surface area contributed by atoms with E-state index in [0.29, 0.717) is 17.4 Å². The van der Waals surface area contributed by atoms with Crippen LogP contribution in [0.25, 0.3) is 0 Å². The molecule has 0 heterocycles. The molecule has 0 bridgehead atoms. The molecule has 0 saturated heterocycles. The molecule has 1 N–H and O–H groups in total. The van der Waals surface area contributed by atoms with Crippen molar-refractivity contribution < 1.29 is 13.2 Å². The zero-order valence-electron chi connectivity index (χ0n) is 9.37. The first-order chi connectivity index (χ1) is 7.80. The standard InChI is InChI=1S/C12H13BrF3N/c1-8(2)17-6-5-9-3-4-10(13)7-11(9)12(14,15)16/h3-4,7,17H,1,5-6H2,2H3. The minimum atomic E-state index is -4.32. The van der Waals surface area contributed by atoms with Crippen LogP contribution >= 0.6 is 15.9 Å². The third kappa shape index (κ3) is 4.42. The maximum atomic E-state index is 12.8. The zero-order chi connectivity index (χ0) is 13.1. The van der Waals surface area contributed by atoms with Crippen molar-refractivity contribution in [2.75, 3.05) is 6.54 Å². The summed E-state index contributed by atoms with van der Waals surface area (Å²) in [4.78, 5) is 0. The summed E-state index contributed by atoms with van der Waals surface area (Å²) in [6.07, 6.45) is -4.00. The molecule has 1 aromatic rings. The van der Waals surface area contributed by atoms with E-state index in [9.17, 15) is 13.2 Å². The Bertz CT molecular complexity index is 413. The number of allylic oxidation sites excluding steroid dienone is 1. The van der Waals surface area contributed by atoms with E-state index < -0.39 is 11.7 Å². The topological polar surface area (TPSA) is 12.0 Å². The van der Waals surface area contributed by atoms with Crippen LogP contribution in [-0.2, 0) is 12.6 Å². The first kappa shape index (κ1) is 14.1. The van der Waals surface area contributed by atoms with Crippen LogP contribution in [0.5, 0.6) is 0 Å². The number of nitrogens with one attached hydrogen (secondary N) is 1. The number of alkyl halides is 3. The highest BCUT2D eigenvalue weighted by Gasteiger charge is 2.33. The molecule has 0 amide bonds. The molecule has 5 heteroatoms. The predicted octanol–water partition coefficient (Wildman–Crippen LogP) is 4.13. The van der Waals surface area contributed by atoms with Gasteiger partial charge in [-0.25, -0.2) is 0 Å². The molecule has 0 aliphatic rings. The van der Waals surface area contributed by atoms with E-state index in [-0.39, 0.29) is 5.56 Å². The van der Waals surface area contributed by atoms with Crippen molar-refractivity contribution in [2.45, 2.75) is 19.5 Å². The predicted molar refractivity (Wildman–Crippen MR) is 65.7 cm³/mol. The second-order valence-electron chi connectivity index (χ2n) is 3.76. The maximum absolute atomic E-state index is 12.8. The van der Waals surface area contributed by atoms with Crippen LogP contribution in [0.3, 0.4) is 0 Å². The minimum Gasteiger partial charge on any atom is -0.389 e. The Hall–Kier alpha value is -0.970. The number of halogens is 4. The summed E-state index contributed by atoms with van der Waals surface area (Å²) in [6.45, 7) is 5.85. The Morgan fingerprint density at radius 1 is 1.41 bits per heavy atom. The van der Waals surface area contributed by atoms with Crippen LogP contribution in [0.15, 0.2) is 34.9 Å². The summed E-state index contributed by atoms with van der Waals surface area (Å²) < 4.78 is 38.7. The lowest BCUT2D eigenvalue weighted by Crippen LogP contribution is -2.17. The van der Waals surface area contributed by atoms with Gasteiger partial charge in [0.1, 0.15) is 0 Å². The summed E-state index contributed by atoms with van der Waals surface area (Å²) >= 11 is 3.05. The van der Waals surface area contributed by atoms with Gasteiger partial charge in [-0.05, 0) is 31.0 Å². The van der Waals surface area contributed by atoms with Crippen LogP contribution in [0.1, 0.15) is 18.1 Å². The van der Waals surface area contributed by atoms with E-state index in [1.165, 1.54) is 6.07 Å². The summed E-state index contributed by atoms with van der Waals surface area (Å²) in [6, 6.07) is 4.22. The fourth-order valence-electron chi connectivity index (χ4n) is 1.44. The molecule has 0 fully saturated rings. The van der Waals surface area contributed by atoms with E-state index in [1.54, 1.807) is 13.0 Å². The van der Waals surface area contributed by atoms with Crippen molar-refractivity contribution in [3.05, 3.63) is 46.1 Å². The van der Waals surface area contributed by atoms with Crippen LogP contribution < -0.4 is 5.32 Å². The molecule has 1 rings (SSSR count). The fourth-order valence-corrected chi connectivity index (χ4v) is 1.80. The monoisotopic (exact) mass is 307 g/mol. The van der Waals surface area contributed by atoms with Crippen molar-refractivity contribution >= 4 is 15.9 Å². The molecular weight excluding hydrogens is 295 g/mol. The molecule has 0 spiro atoms. The number of hydrogen-bond donors (Lipinski definition) is 1. The highest BCUT2D eigenvalue weighted by Crippen LogP contribution is 2.33. The Balaban J connectivity index is 2.87. The third-order valence-corrected chi connectivity index (χ3v) is 2.69. The zero-order valence-corrected chi connectivity index (χ0v) is 11.0. The molecule has 0 atom stereocenters. The molecule has 0 radical (unpaired) electrons. The highest BCUT2D eigenvalue weighted by atomic mass is 79.9. The highest BCUT2D eigenvalue weighted by molar-refractivity contribution is 9.10. The Morgan fingerprint density at radius 2 is 2.06 bits per heavy atom. The van der Waals surface area contributed by atoms with Crippen molar-refractivity contribution in [2.24, 2.45) is 0 Å². The average Bonchev–Trinajstić information content (AvgIpc) is 2.18. The Labute approximate surface area is 107 Å².